The first-order valence-electron chi connectivity index (χ1n) is 7.77. The highest BCUT2D eigenvalue weighted by Gasteiger charge is 2.20. The second-order valence-electron chi connectivity index (χ2n) is 5.37. The average Bonchev–Trinajstić information content (AvgIpc) is 3.22. The number of aryl methyl sites for hydroxylation is 1. The summed E-state index contributed by atoms with van der Waals surface area (Å²) < 4.78 is 35.5. The van der Waals surface area contributed by atoms with Crippen molar-refractivity contribution < 1.29 is 28.0 Å². The zero-order valence-corrected chi connectivity index (χ0v) is 15.1. The molecule has 2 aromatic heterocycles. The van der Waals surface area contributed by atoms with Crippen molar-refractivity contribution in [3.63, 3.8) is 0 Å². The van der Waals surface area contributed by atoms with Gasteiger partial charge < -0.3 is 14.8 Å². The van der Waals surface area contributed by atoms with Gasteiger partial charge in [0.2, 0.25) is 5.91 Å². The lowest BCUT2D eigenvalue weighted by atomic mass is 10.3. The molecule has 1 aromatic carbocycles. The fourth-order valence-electron chi connectivity index (χ4n) is 2.31. The molecular weight excluding hydrogens is 400 g/mol. The van der Waals surface area contributed by atoms with E-state index >= 15 is 0 Å². The Morgan fingerprint density at radius 1 is 1.46 bits per heavy atom. The molecule has 1 amide bonds. The summed E-state index contributed by atoms with van der Waals surface area (Å²) in [6, 6.07) is 4.27. The van der Waals surface area contributed by atoms with Crippen LogP contribution in [0, 0.1) is 10.1 Å². The lowest BCUT2D eigenvalue weighted by molar-refractivity contribution is -0.385. The molecule has 1 N–H and O–H groups in total. The maximum Gasteiger partial charge on any atom is 0.387 e. The van der Waals surface area contributed by atoms with Gasteiger partial charge in [0.1, 0.15) is 11.9 Å². The number of methoxy groups -OCH3 is 1. The molecule has 0 saturated heterocycles. The quantitative estimate of drug-likeness (QED) is 0.445. The molecule has 0 bridgehead atoms. The molecule has 0 radical (unpaired) electrons. The van der Waals surface area contributed by atoms with E-state index in [2.05, 4.69) is 20.1 Å². The topological polar surface area (TPSA) is 121 Å². The molecule has 3 rings (SSSR count). The molecule has 0 aliphatic carbocycles. The van der Waals surface area contributed by atoms with Crippen LogP contribution in [-0.2, 0) is 11.3 Å². The van der Waals surface area contributed by atoms with Gasteiger partial charge in [-0.05, 0) is 18.2 Å². The van der Waals surface area contributed by atoms with Crippen molar-refractivity contribution in [2.24, 2.45) is 0 Å². The second-order valence-corrected chi connectivity index (χ2v) is 6.40. The van der Waals surface area contributed by atoms with Gasteiger partial charge in [0.05, 0.1) is 28.8 Å². The minimum atomic E-state index is -2.93. The minimum absolute atomic E-state index is 0.00162. The number of rotatable bonds is 8. The molecule has 3 aromatic rings. The van der Waals surface area contributed by atoms with Crippen LogP contribution < -0.4 is 14.8 Å². The van der Waals surface area contributed by atoms with Crippen LogP contribution in [0.4, 0.5) is 19.6 Å². The first kappa shape index (κ1) is 19.4. The molecule has 0 aliphatic heterocycles. The maximum atomic E-state index is 12.3. The van der Waals surface area contributed by atoms with Crippen LogP contribution in [0.15, 0.2) is 24.4 Å². The molecule has 0 atom stereocenters. The highest BCUT2D eigenvalue weighted by molar-refractivity contribution is 7.22. The fourth-order valence-corrected chi connectivity index (χ4v) is 3.22. The number of carbonyl (C=O) groups is 1. The van der Waals surface area contributed by atoms with E-state index in [1.165, 1.54) is 36.2 Å². The normalized spacial score (nSPS) is 11.0. The second kappa shape index (κ2) is 8.12. The van der Waals surface area contributed by atoms with Gasteiger partial charge >= 0.3 is 18.2 Å². The van der Waals surface area contributed by atoms with Crippen LogP contribution in [0.5, 0.6) is 11.6 Å². The monoisotopic (exact) mass is 413 g/mol. The summed E-state index contributed by atoms with van der Waals surface area (Å²) in [5.74, 6) is -0.531. The number of nitro groups is 1. The number of amides is 1. The minimum Gasteiger partial charge on any atom is -0.475 e. The van der Waals surface area contributed by atoms with E-state index in [9.17, 15) is 23.7 Å². The third-order valence-electron chi connectivity index (χ3n) is 3.50. The van der Waals surface area contributed by atoms with Gasteiger partial charge in [0, 0.05) is 6.42 Å². The Morgan fingerprint density at radius 2 is 2.25 bits per heavy atom. The van der Waals surface area contributed by atoms with Crippen LogP contribution in [0.3, 0.4) is 0 Å². The number of hydrogen-bond acceptors (Lipinski definition) is 8. The largest absolute Gasteiger partial charge is 0.475 e. The summed E-state index contributed by atoms with van der Waals surface area (Å²) in [5.41, 5.74) is 0.227. The SMILES string of the molecule is COc1nn(CCC(=O)Nc2nc3ccc(OC(F)F)cc3s2)cc1[N+](=O)[O-]. The maximum absolute atomic E-state index is 12.3. The van der Waals surface area contributed by atoms with Gasteiger partial charge in [-0.3, -0.25) is 19.6 Å². The van der Waals surface area contributed by atoms with Gasteiger partial charge in [-0.1, -0.05) is 11.3 Å². The molecule has 148 valence electrons. The highest BCUT2D eigenvalue weighted by Crippen LogP contribution is 2.30. The number of hydrogen-bond donors (Lipinski definition) is 1. The number of aromatic nitrogens is 3. The molecule has 13 heteroatoms. The van der Waals surface area contributed by atoms with Crippen molar-refractivity contribution in [2.45, 2.75) is 19.6 Å². The predicted molar refractivity (Wildman–Crippen MR) is 94.9 cm³/mol. The number of ether oxygens (including phenoxy) is 2. The van der Waals surface area contributed by atoms with Crippen molar-refractivity contribution in [2.75, 3.05) is 12.4 Å². The molecule has 0 unspecified atom stereocenters. The van der Waals surface area contributed by atoms with Crippen LogP contribution in [-0.4, -0.2) is 39.3 Å². The van der Waals surface area contributed by atoms with E-state index in [0.717, 1.165) is 11.3 Å². The van der Waals surface area contributed by atoms with Gasteiger partial charge in [-0.25, -0.2) is 4.98 Å². The number of halogens is 2. The van der Waals surface area contributed by atoms with Crippen molar-refractivity contribution >= 4 is 38.3 Å². The molecule has 28 heavy (non-hydrogen) atoms. The van der Waals surface area contributed by atoms with Crippen molar-refractivity contribution in [3.05, 3.63) is 34.5 Å². The number of nitrogens with zero attached hydrogens (tertiary/aromatic N) is 4. The van der Waals surface area contributed by atoms with E-state index in [1.807, 2.05) is 0 Å². The number of benzene rings is 1. The van der Waals surface area contributed by atoms with Gasteiger partial charge in [-0.2, -0.15) is 8.78 Å². The fraction of sp³-hybridized carbons (Fsp3) is 0.267. The molecule has 0 aliphatic rings. The summed E-state index contributed by atoms with van der Waals surface area (Å²) in [4.78, 5) is 26.5. The molecule has 2 heterocycles. The molecule has 10 nitrogen and oxygen atoms in total. The van der Waals surface area contributed by atoms with E-state index < -0.39 is 11.5 Å². The number of thiazole rings is 1. The van der Waals surface area contributed by atoms with Crippen LogP contribution in [0.25, 0.3) is 10.2 Å². The molecule has 0 spiro atoms. The third kappa shape index (κ3) is 4.49. The Morgan fingerprint density at radius 3 is 2.89 bits per heavy atom. The zero-order chi connectivity index (χ0) is 20.3. The standard InChI is InChI=1S/C15H13F2N5O5S/c1-26-13-10(22(24)25)7-21(20-13)5-4-12(23)19-15-18-9-3-2-8(27-14(16)17)6-11(9)28-15/h2-3,6-7,14H,4-5H2,1H3,(H,18,19,23). The lowest BCUT2D eigenvalue weighted by Crippen LogP contribution is -2.14. The summed E-state index contributed by atoms with van der Waals surface area (Å²) in [5, 5.41) is 17.6. The van der Waals surface area contributed by atoms with Crippen molar-refractivity contribution in [1.82, 2.24) is 14.8 Å². The number of nitrogens with one attached hydrogen (secondary N) is 1. The molecule has 0 fully saturated rings. The Bertz CT molecular complexity index is 1020. The van der Waals surface area contributed by atoms with Crippen LogP contribution >= 0.6 is 11.3 Å². The molecular formula is C15H13F2N5O5S. The number of fused-ring (bicyclic) bond motifs is 1. The first-order valence-corrected chi connectivity index (χ1v) is 8.58. The Labute approximate surface area is 159 Å². The Hall–Kier alpha value is -3.35. The number of anilines is 1. The Kier molecular flexibility index (Phi) is 5.63. The van der Waals surface area contributed by atoms with Crippen molar-refractivity contribution in [1.29, 1.82) is 0 Å². The van der Waals surface area contributed by atoms with E-state index in [1.54, 1.807) is 0 Å². The van der Waals surface area contributed by atoms with Gasteiger partial charge in [0.25, 0.3) is 0 Å². The van der Waals surface area contributed by atoms with E-state index in [0.29, 0.717) is 15.3 Å². The summed E-state index contributed by atoms with van der Waals surface area (Å²) >= 11 is 1.10. The van der Waals surface area contributed by atoms with E-state index in [-0.39, 0.29) is 36.2 Å². The number of alkyl halides is 2. The number of carbonyl (C=O) groups excluding carboxylic acids is 1. The van der Waals surface area contributed by atoms with Crippen LogP contribution in [0.1, 0.15) is 6.42 Å². The van der Waals surface area contributed by atoms with Crippen LogP contribution in [0.2, 0.25) is 0 Å². The highest BCUT2D eigenvalue weighted by atomic mass is 32.1. The lowest BCUT2D eigenvalue weighted by Gasteiger charge is -2.02. The summed E-state index contributed by atoms with van der Waals surface area (Å²) in [6.07, 6.45) is 1.16. The Balaban J connectivity index is 1.62. The van der Waals surface area contributed by atoms with Gasteiger partial charge in [-0.15, -0.1) is 5.10 Å². The summed E-state index contributed by atoms with van der Waals surface area (Å²) in [7, 11) is 1.26. The summed E-state index contributed by atoms with van der Waals surface area (Å²) in [6.45, 7) is -2.84. The third-order valence-corrected chi connectivity index (χ3v) is 4.43. The smallest absolute Gasteiger partial charge is 0.387 e. The van der Waals surface area contributed by atoms with Gasteiger partial charge in [0.15, 0.2) is 5.13 Å². The van der Waals surface area contributed by atoms with E-state index in [4.69, 9.17) is 4.74 Å². The predicted octanol–water partition coefficient (Wildman–Crippen LogP) is 3.04. The first-order chi connectivity index (χ1) is 13.4. The molecule has 0 saturated carbocycles. The van der Waals surface area contributed by atoms with Crippen molar-refractivity contribution in [3.8, 4) is 11.6 Å². The average molecular weight is 413 g/mol. The zero-order valence-electron chi connectivity index (χ0n) is 14.3.